The van der Waals surface area contributed by atoms with Crippen LogP contribution in [-0.2, 0) is 10.0 Å². The summed E-state index contributed by atoms with van der Waals surface area (Å²) in [5.41, 5.74) is 0.838. The average Bonchev–Trinajstić information content (AvgIpc) is 2.79. The Hall–Kier alpha value is -2.90. The number of rotatable bonds is 5. The molecule has 162 valence electrons. The van der Waals surface area contributed by atoms with E-state index in [1.165, 1.54) is 29.6 Å². The number of carbonyl (C=O) groups is 1. The van der Waals surface area contributed by atoms with Crippen LogP contribution in [-0.4, -0.2) is 38.8 Å². The molecule has 1 fully saturated rings. The highest BCUT2D eigenvalue weighted by molar-refractivity contribution is 7.89. The topological polar surface area (TPSA) is 75.7 Å². The minimum atomic E-state index is -3.68. The Morgan fingerprint density at radius 3 is 2.48 bits per heavy atom. The Morgan fingerprint density at radius 2 is 1.74 bits per heavy atom. The van der Waals surface area contributed by atoms with Gasteiger partial charge in [0.05, 0.1) is 17.6 Å². The molecule has 3 aromatic carbocycles. The van der Waals surface area contributed by atoms with Gasteiger partial charge in [-0.15, -0.1) is 0 Å². The number of sulfonamides is 1. The van der Waals surface area contributed by atoms with Gasteiger partial charge in [-0.3, -0.25) is 4.79 Å². The normalized spacial score (nSPS) is 15.7. The zero-order chi connectivity index (χ0) is 22.0. The van der Waals surface area contributed by atoms with Crippen LogP contribution in [0.3, 0.4) is 0 Å². The van der Waals surface area contributed by atoms with E-state index in [1.807, 2.05) is 42.5 Å². The lowest BCUT2D eigenvalue weighted by molar-refractivity contribution is 0.102. The molecule has 0 saturated carbocycles. The summed E-state index contributed by atoms with van der Waals surface area (Å²) < 4.78 is 33.2. The van der Waals surface area contributed by atoms with Gasteiger partial charge in [0.1, 0.15) is 5.75 Å². The van der Waals surface area contributed by atoms with E-state index in [1.54, 1.807) is 0 Å². The van der Waals surface area contributed by atoms with E-state index in [0.717, 1.165) is 23.6 Å². The first-order valence-electron chi connectivity index (χ1n) is 10.4. The number of benzene rings is 3. The third-order valence-electron chi connectivity index (χ3n) is 5.83. The Kier molecular flexibility index (Phi) is 5.98. The fraction of sp³-hybridized carbons (Fsp3) is 0.292. The number of carbonyl (C=O) groups excluding carboxylic acids is 1. The maximum absolute atomic E-state index is 13.2. The van der Waals surface area contributed by atoms with Crippen LogP contribution in [0.1, 0.15) is 30.1 Å². The fourth-order valence-electron chi connectivity index (χ4n) is 3.92. The number of methoxy groups -OCH3 is 1. The van der Waals surface area contributed by atoms with Gasteiger partial charge in [0, 0.05) is 24.2 Å². The summed E-state index contributed by atoms with van der Waals surface area (Å²) in [6.07, 6.45) is 1.67. The highest BCUT2D eigenvalue weighted by Crippen LogP contribution is 2.29. The van der Waals surface area contributed by atoms with Gasteiger partial charge in [0.25, 0.3) is 5.91 Å². The predicted octanol–water partition coefficient (Wildman–Crippen LogP) is 4.52. The number of ether oxygens (including phenoxy) is 1. The Labute approximate surface area is 182 Å². The Bertz CT molecular complexity index is 1210. The van der Waals surface area contributed by atoms with Gasteiger partial charge in [0.2, 0.25) is 10.0 Å². The van der Waals surface area contributed by atoms with Crippen molar-refractivity contribution in [2.45, 2.75) is 24.7 Å². The van der Waals surface area contributed by atoms with Crippen molar-refractivity contribution < 1.29 is 17.9 Å². The Morgan fingerprint density at radius 1 is 1.03 bits per heavy atom. The lowest BCUT2D eigenvalue weighted by atomic mass is 10.0. The van der Waals surface area contributed by atoms with Gasteiger partial charge in [-0.05, 0) is 48.4 Å². The highest BCUT2D eigenvalue weighted by Gasteiger charge is 2.29. The lowest BCUT2D eigenvalue weighted by Gasteiger charge is -2.29. The van der Waals surface area contributed by atoms with Crippen LogP contribution in [0.4, 0.5) is 5.69 Å². The largest absolute Gasteiger partial charge is 0.496 e. The Balaban J connectivity index is 1.67. The summed E-state index contributed by atoms with van der Waals surface area (Å²) in [6, 6.07) is 17.9. The second-order valence-corrected chi connectivity index (χ2v) is 9.87. The molecule has 0 radical (unpaired) electrons. The molecule has 0 aromatic heterocycles. The molecule has 31 heavy (non-hydrogen) atoms. The molecule has 0 bridgehead atoms. The van der Waals surface area contributed by atoms with Crippen LogP contribution >= 0.6 is 0 Å². The number of hydrogen-bond donors (Lipinski definition) is 1. The lowest BCUT2D eigenvalue weighted by Crippen LogP contribution is -2.37. The van der Waals surface area contributed by atoms with Crippen molar-refractivity contribution in [1.82, 2.24) is 4.31 Å². The van der Waals surface area contributed by atoms with Gasteiger partial charge >= 0.3 is 0 Å². The molecular weight excluding hydrogens is 412 g/mol. The van der Waals surface area contributed by atoms with Gasteiger partial charge in [-0.2, -0.15) is 4.31 Å². The third-order valence-corrected chi connectivity index (χ3v) is 7.73. The van der Waals surface area contributed by atoms with E-state index >= 15 is 0 Å². The molecule has 1 N–H and O–H groups in total. The molecule has 0 atom stereocenters. The highest BCUT2D eigenvalue weighted by atomic mass is 32.2. The number of fused-ring (bicyclic) bond motifs is 1. The van der Waals surface area contributed by atoms with E-state index in [9.17, 15) is 13.2 Å². The molecule has 0 aliphatic carbocycles. The van der Waals surface area contributed by atoms with Crippen molar-refractivity contribution in [1.29, 1.82) is 0 Å². The predicted molar refractivity (Wildman–Crippen MR) is 122 cm³/mol. The first-order valence-corrected chi connectivity index (χ1v) is 11.8. The van der Waals surface area contributed by atoms with Crippen molar-refractivity contribution in [2.24, 2.45) is 5.92 Å². The summed E-state index contributed by atoms with van der Waals surface area (Å²) in [5.74, 6) is 0.422. The second kappa shape index (κ2) is 8.69. The zero-order valence-corrected chi connectivity index (χ0v) is 18.5. The smallest absolute Gasteiger partial charge is 0.259 e. The molecule has 0 spiro atoms. The maximum atomic E-state index is 13.2. The molecule has 4 rings (SSSR count). The summed E-state index contributed by atoms with van der Waals surface area (Å²) in [7, 11) is -2.21. The molecule has 1 saturated heterocycles. The van der Waals surface area contributed by atoms with Crippen LogP contribution < -0.4 is 10.1 Å². The second-order valence-electron chi connectivity index (χ2n) is 7.93. The first-order chi connectivity index (χ1) is 14.9. The molecule has 1 aliphatic rings. The summed E-state index contributed by atoms with van der Waals surface area (Å²) in [6.45, 7) is 3.12. The van der Waals surface area contributed by atoms with Crippen LogP contribution in [0, 0.1) is 5.92 Å². The summed E-state index contributed by atoms with van der Waals surface area (Å²) in [4.78, 5) is 13.2. The van der Waals surface area contributed by atoms with Crippen molar-refractivity contribution in [3.05, 3.63) is 66.2 Å². The number of nitrogens with one attached hydrogen (secondary N) is 1. The van der Waals surface area contributed by atoms with E-state index in [0.29, 0.717) is 30.4 Å². The van der Waals surface area contributed by atoms with Crippen molar-refractivity contribution in [3.63, 3.8) is 0 Å². The SMILES string of the molecule is COc1ccc(S(=O)(=O)N2CCC(C)CC2)cc1C(=O)Nc1cccc2ccccc12. The summed E-state index contributed by atoms with van der Waals surface area (Å²) >= 11 is 0. The van der Waals surface area contributed by atoms with Crippen LogP contribution in [0.2, 0.25) is 0 Å². The van der Waals surface area contributed by atoms with Gasteiger partial charge < -0.3 is 10.1 Å². The van der Waals surface area contributed by atoms with Crippen LogP contribution in [0.25, 0.3) is 10.8 Å². The minimum Gasteiger partial charge on any atom is -0.496 e. The molecule has 7 heteroatoms. The molecule has 0 unspecified atom stereocenters. The van der Waals surface area contributed by atoms with E-state index in [4.69, 9.17) is 4.74 Å². The van der Waals surface area contributed by atoms with Gasteiger partial charge in [-0.25, -0.2) is 8.42 Å². The summed E-state index contributed by atoms with van der Waals surface area (Å²) in [5, 5.41) is 4.82. The molecule has 6 nitrogen and oxygen atoms in total. The van der Waals surface area contributed by atoms with Crippen LogP contribution in [0.5, 0.6) is 5.75 Å². The monoisotopic (exact) mass is 438 g/mol. The quantitative estimate of drug-likeness (QED) is 0.635. The number of anilines is 1. The van der Waals surface area contributed by atoms with Crippen LogP contribution in [0.15, 0.2) is 65.6 Å². The van der Waals surface area contributed by atoms with Crippen molar-refractivity contribution >= 4 is 32.4 Å². The van der Waals surface area contributed by atoms with E-state index in [2.05, 4.69) is 12.2 Å². The number of hydrogen-bond acceptors (Lipinski definition) is 4. The maximum Gasteiger partial charge on any atom is 0.259 e. The van der Waals surface area contributed by atoms with E-state index < -0.39 is 15.9 Å². The molecule has 1 heterocycles. The van der Waals surface area contributed by atoms with E-state index in [-0.39, 0.29) is 10.5 Å². The number of piperidine rings is 1. The van der Waals surface area contributed by atoms with Gasteiger partial charge in [-0.1, -0.05) is 43.3 Å². The van der Waals surface area contributed by atoms with Gasteiger partial charge in [0.15, 0.2) is 0 Å². The molecule has 1 aliphatic heterocycles. The zero-order valence-electron chi connectivity index (χ0n) is 17.7. The molecule has 3 aromatic rings. The third kappa shape index (κ3) is 4.29. The standard InChI is InChI=1S/C24H26N2O4S/c1-17-12-14-26(15-13-17)31(28,29)19-10-11-23(30-2)21(16-19)24(27)25-22-9-5-7-18-6-3-4-8-20(18)22/h3-11,16-17H,12-15H2,1-2H3,(H,25,27). The molecule has 1 amide bonds. The first kappa shape index (κ1) is 21.3. The fourth-order valence-corrected chi connectivity index (χ4v) is 5.42. The molecular formula is C24H26N2O4S. The van der Waals surface area contributed by atoms with Crippen molar-refractivity contribution in [3.8, 4) is 5.75 Å². The minimum absolute atomic E-state index is 0.103. The number of amides is 1. The number of nitrogens with zero attached hydrogens (tertiary/aromatic N) is 1. The average molecular weight is 439 g/mol. The van der Waals surface area contributed by atoms with Crippen molar-refractivity contribution in [2.75, 3.05) is 25.5 Å².